The molecule has 0 aliphatic carbocycles. The number of benzene rings is 2. The molecule has 1 amide bonds. The lowest BCUT2D eigenvalue weighted by atomic mass is 10.1. The Morgan fingerprint density at radius 2 is 1.85 bits per heavy atom. The van der Waals surface area contributed by atoms with Gasteiger partial charge in [0.15, 0.2) is 5.82 Å². The first kappa shape index (κ1) is 21.6. The van der Waals surface area contributed by atoms with Crippen molar-refractivity contribution in [1.29, 1.82) is 0 Å². The molecule has 8 nitrogen and oxygen atoms in total. The number of pyridine rings is 1. The number of methoxy groups -OCH3 is 1. The molecule has 3 heterocycles. The molecule has 0 radical (unpaired) electrons. The zero-order valence-corrected chi connectivity index (χ0v) is 19.4. The number of nitrogens with zero attached hydrogens (tertiary/aromatic N) is 5. The van der Waals surface area contributed by atoms with Gasteiger partial charge in [0.25, 0.3) is 5.91 Å². The molecule has 0 unspecified atom stereocenters. The maximum atomic E-state index is 13.3. The van der Waals surface area contributed by atoms with Gasteiger partial charge in [0.1, 0.15) is 23.6 Å². The highest BCUT2D eigenvalue weighted by Gasteiger charge is 2.30. The highest BCUT2D eigenvalue weighted by atomic mass is 16.5. The first-order valence-corrected chi connectivity index (χ1v) is 11.2. The smallest absolute Gasteiger partial charge is 0.256 e. The van der Waals surface area contributed by atoms with E-state index in [1.807, 2.05) is 70.1 Å². The minimum absolute atomic E-state index is 0.00428. The summed E-state index contributed by atoms with van der Waals surface area (Å²) in [5, 5.41) is 11.6. The van der Waals surface area contributed by atoms with Crippen LogP contribution >= 0.6 is 0 Å². The van der Waals surface area contributed by atoms with Crippen molar-refractivity contribution in [1.82, 2.24) is 24.6 Å². The molecule has 0 fully saturated rings. The second-order valence-corrected chi connectivity index (χ2v) is 8.54. The third-order valence-electron chi connectivity index (χ3n) is 5.92. The highest BCUT2D eigenvalue weighted by Crippen LogP contribution is 2.32. The third kappa shape index (κ3) is 4.10. The van der Waals surface area contributed by atoms with Crippen molar-refractivity contribution >= 4 is 17.4 Å². The van der Waals surface area contributed by atoms with Crippen molar-refractivity contribution in [2.24, 2.45) is 0 Å². The first-order valence-electron chi connectivity index (χ1n) is 11.2. The van der Waals surface area contributed by atoms with E-state index in [9.17, 15) is 4.79 Å². The minimum Gasteiger partial charge on any atom is -0.497 e. The number of hydrogen-bond acceptors (Lipinski definition) is 6. The number of rotatable bonds is 7. The van der Waals surface area contributed by atoms with Gasteiger partial charge in [-0.05, 0) is 55.3 Å². The summed E-state index contributed by atoms with van der Waals surface area (Å²) in [4.78, 5) is 19.9. The summed E-state index contributed by atoms with van der Waals surface area (Å²) < 4.78 is 7.21. The van der Waals surface area contributed by atoms with Crippen LogP contribution in [-0.4, -0.2) is 37.7 Å². The van der Waals surface area contributed by atoms with Gasteiger partial charge in [-0.1, -0.05) is 30.3 Å². The lowest BCUT2D eigenvalue weighted by Gasteiger charge is -2.16. The largest absolute Gasteiger partial charge is 0.497 e. The van der Waals surface area contributed by atoms with E-state index >= 15 is 0 Å². The Bertz CT molecular complexity index is 1330. The summed E-state index contributed by atoms with van der Waals surface area (Å²) in [7, 11) is 1.64. The van der Waals surface area contributed by atoms with Crippen LogP contribution in [0.5, 0.6) is 5.75 Å². The Morgan fingerprint density at radius 3 is 2.62 bits per heavy atom. The Hall–Kier alpha value is -4.20. The maximum absolute atomic E-state index is 13.3. The Labute approximate surface area is 198 Å². The van der Waals surface area contributed by atoms with Gasteiger partial charge in [0.05, 0.1) is 18.4 Å². The van der Waals surface area contributed by atoms with Gasteiger partial charge in [-0.25, -0.2) is 4.98 Å². The van der Waals surface area contributed by atoms with E-state index in [1.165, 1.54) is 0 Å². The maximum Gasteiger partial charge on any atom is 0.256 e. The topological polar surface area (TPSA) is 85.2 Å². The third-order valence-corrected chi connectivity index (χ3v) is 5.92. The molecule has 0 atom stereocenters. The van der Waals surface area contributed by atoms with Gasteiger partial charge < -0.3 is 19.5 Å². The number of amides is 1. The molecule has 0 spiro atoms. The molecule has 0 bridgehead atoms. The van der Waals surface area contributed by atoms with Crippen LogP contribution in [0, 0.1) is 0 Å². The molecule has 5 rings (SSSR count). The molecule has 34 heavy (non-hydrogen) atoms. The van der Waals surface area contributed by atoms with Gasteiger partial charge in [-0.2, -0.15) is 0 Å². The molecule has 0 saturated carbocycles. The van der Waals surface area contributed by atoms with Crippen LogP contribution in [0.2, 0.25) is 0 Å². The minimum atomic E-state index is 0.00428. The number of hydrogen-bond donors (Lipinski definition) is 1. The van der Waals surface area contributed by atoms with Crippen molar-refractivity contribution in [3.8, 4) is 17.3 Å². The van der Waals surface area contributed by atoms with Crippen LogP contribution in [0.25, 0.3) is 11.5 Å². The molecule has 1 aliphatic heterocycles. The normalized spacial score (nSPS) is 12.8. The van der Waals surface area contributed by atoms with Gasteiger partial charge >= 0.3 is 0 Å². The zero-order chi connectivity index (χ0) is 23.7. The first-order chi connectivity index (χ1) is 16.5. The molecule has 1 aliphatic rings. The lowest BCUT2D eigenvalue weighted by Crippen LogP contribution is -2.23. The molecule has 2 aromatic carbocycles. The quantitative estimate of drug-likeness (QED) is 0.431. The summed E-state index contributed by atoms with van der Waals surface area (Å²) >= 11 is 0. The fourth-order valence-electron chi connectivity index (χ4n) is 4.17. The van der Waals surface area contributed by atoms with E-state index in [0.29, 0.717) is 30.3 Å². The van der Waals surface area contributed by atoms with Gasteiger partial charge in [0.2, 0.25) is 0 Å². The second-order valence-electron chi connectivity index (χ2n) is 8.54. The van der Waals surface area contributed by atoms with E-state index in [2.05, 4.69) is 29.4 Å². The SMILES string of the molecule is COc1ccc(CN2Cc3cccc(Nc4cccc(-c5nncn5C(C)C)n4)c3C2=O)cc1. The van der Waals surface area contributed by atoms with Crippen molar-refractivity contribution in [3.63, 3.8) is 0 Å². The van der Waals surface area contributed by atoms with E-state index < -0.39 is 0 Å². The Morgan fingerprint density at radius 1 is 1.06 bits per heavy atom. The van der Waals surface area contributed by atoms with E-state index in [0.717, 1.165) is 28.3 Å². The fourth-order valence-corrected chi connectivity index (χ4v) is 4.17. The standard InChI is InChI=1S/C26H26N6O2/c1-17(2)32-16-27-30-25(32)22-8-5-9-23(29-22)28-21-7-4-6-19-15-31(26(33)24(19)21)14-18-10-12-20(34-3)13-11-18/h4-13,16-17H,14-15H2,1-3H3,(H,28,29). The monoisotopic (exact) mass is 454 g/mol. The summed E-state index contributed by atoms with van der Waals surface area (Å²) in [5.41, 5.74) is 4.21. The van der Waals surface area contributed by atoms with E-state index in [1.54, 1.807) is 13.4 Å². The van der Waals surface area contributed by atoms with Gasteiger partial charge in [0, 0.05) is 19.1 Å². The predicted molar refractivity (Wildman–Crippen MR) is 130 cm³/mol. The molecular weight excluding hydrogens is 428 g/mol. The van der Waals surface area contributed by atoms with Gasteiger partial charge in [-0.15, -0.1) is 10.2 Å². The number of aromatic nitrogens is 4. The van der Waals surface area contributed by atoms with Crippen molar-refractivity contribution in [2.75, 3.05) is 12.4 Å². The van der Waals surface area contributed by atoms with Crippen molar-refractivity contribution in [3.05, 3.63) is 83.7 Å². The van der Waals surface area contributed by atoms with Gasteiger partial charge in [-0.3, -0.25) is 4.79 Å². The number of nitrogens with one attached hydrogen (secondary N) is 1. The molecule has 172 valence electrons. The summed E-state index contributed by atoms with van der Waals surface area (Å²) in [5.74, 6) is 2.15. The predicted octanol–water partition coefficient (Wildman–Crippen LogP) is 4.83. The van der Waals surface area contributed by atoms with Crippen LogP contribution in [0.4, 0.5) is 11.5 Å². The number of ether oxygens (including phenoxy) is 1. The van der Waals surface area contributed by atoms with Crippen molar-refractivity contribution in [2.45, 2.75) is 33.0 Å². The average molecular weight is 455 g/mol. The Kier molecular flexibility index (Phi) is 5.71. The molecule has 0 saturated heterocycles. The summed E-state index contributed by atoms with van der Waals surface area (Å²) in [6.07, 6.45) is 1.71. The van der Waals surface area contributed by atoms with Crippen LogP contribution in [0.1, 0.15) is 41.4 Å². The number of carbonyl (C=O) groups is 1. The number of anilines is 2. The summed E-state index contributed by atoms with van der Waals surface area (Å²) in [6.45, 7) is 5.26. The number of carbonyl (C=O) groups excluding carboxylic acids is 1. The zero-order valence-electron chi connectivity index (χ0n) is 19.4. The van der Waals surface area contributed by atoms with Crippen LogP contribution in [-0.2, 0) is 13.1 Å². The molecule has 2 aromatic heterocycles. The molecule has 8 heteroatoms. The van der Waals surface area contributed by atoms with Crippen LogP contribution < -0.4 is 10.1 Å². The molecular formula is C26H26N6O2. The lowest BCUT2D eigenvalue weighted by molar-refractivity contribution is 0.0767. The Balaban J connectivity index is 1.38. The van der Waals surface area contributed by atoms with Crippen molar-refractivity contribution < 1.29 is 9.53 Å². The van der Waals surface area contributed by atoms with E-state index in [4.69, 9.17) is 9.72 Å². The van der Waals surface area contributed by atoms with Crippen LogP contribution in [0.3, 0.4) is 0 Å². The molecule has 1 N–H and O–H groups in total. The average Bonchev–Trinajstić information content (AvgIpc) is 3.46. The highest BCUT2D eigenvalue weighted by molar-refractivity contribution is 6.04. The second kappa shape index (κ2) is 8.97. The van der Waals surface area contributed by atoms with E-state index in [-0.39, 0.29) is 11.9 Å². The van der Waals surface area contributed by atoms with Crippen LogP contribution in [0.15, 0.2) is 67.0 Å². The fraction of sp³-hybridized carbons (Fsp3) is 0.231. The number of fused-ring (bicyclic) bond motifs is 1. The molecule has 4 aromatic rings. The summed E-state index contributed by atoms with van der Waals surface area (Å²) in [6, 6.07) is 19.6.